The van der Waals surface area contributed by atoms with Gasteiger partial charge in [0.2, 0.25) is 11.8 Å². The van der Waals surface area contributed by atoms with Crippen molar-refractivity contribution in [3.63, 3.8) is 0 Å². The predicted molar refractivity (Wildman–Crippen MR) is 91.3 cm³/mol. The number of carbonyl (C=O) groups excluding carboxylic acids is 1. The molecule has 0 aliphatic rings. The van der Waals surface area contributed by atoms with Crippen molar-refractivity contribution >= 4 is 17.2 Å². The highest BCUT2D eigenvalue weighted by atomic mass is 32.1. The molecule has 1 aromatic carbocycles. The maximum atomic E-state index is 12.1. The van der Waals surface area contributed by atoms with Crippen LogP contribution in [0.2, 0.25) is 0 Å². The summed E-state index contributed by atoms with van der Waals surface area (Å²) in [6.45, 7) is 2.19. The Hall–Kier alpha value is -2.91. The lowest BCUT2D eigenvalue weighted by molar-refractivity contribution is -0.120. The summed E-state index contributed by atoms with van der Waals surface area (Å²) in [4.78, 5) is 16.5. The van der Waals surface area contributed by atoms with E-state index in [2.05, 4.69) is 16.4 Å². The molecule has 0 bridgehead atoms. The minimum Gasteiger partial charge on any atom is -0.441 e. The van der Waals surface area contributed by atoms with Gasteiger partial charge in [-0.05, 0) is 36.1 Å². The molecule has 0 unspecified atom stereocenters. The Morgan fingerprint density at radius 1 is 1.42 bits per heavy atom. The summed E-state index contributed by atoms with van der Waals surface area (Å²) < 4.78 is 5.63. The smallest absolute Gasteiger partial charge is 0.227 e. The Balaban J connectivity index is 1.62. The van der Waals surface area contributed by atoms with Gasteiger partial charge < -0.3 is 9.73 Å². The molecule has 0 aliphatic carbocycles. The highest BCUT2D eigenvalue weighted by Crippen LogP contribution is 2.24. The van der Waals surface area contributed by atoms with Gasteiger partial charge >= 0.3 is 0 Å². The number of carbonyl (C=O) groups is 1. The van der Waals surface area contributed by atoms with E-state index in [9.17, 15) is 4.79 Å². The molecule has 0 spiro atoms. The van der Waals surface area contributed by atoms with Crippen molar-refractivity contribution in [3.8, 4) is 17.5 Å². The SMILES string of the molecule is Cc1oc(-c2ccsc2)nc1CC(=O)NCc1cccc(C#N)c1. The fraction of sp³-hybridized carbons (Fsp3) is 0.167. The third kappa shape index (κ3) is 3.70. The monoisotopic (exact) mass is 337 g/mol. The van der Waals surface area contributed by atoms with E-state index in [-0.39, 0.29) is 12.3 Å². The van der Waals surface area contributed by atoms with Crippen LogP contribution in [0.5, 0.6) is 0 Å². The second kappa shape index (κ2) is 7.11. The van der Waals surface area contributed by atoms with E-state index in [0.29, 0.717) is 29.5 Å². The molecule has 3 aromatic rings. The molecule has 0 radical (unpaired) electrons. The van der Waals surface area contributed by atoms with Crippen molar-refractivity contribution < 1.29 is 9.21 Å². The lowest BCUT2D eigenvalue weighted by atomic mass is 10.1. The van der Waals surface area contributed by atoms with Gasteiger partial charge in [0.25, 0.3) is 0 Å². The molecule has 6 heteroatoms. The van der Waals surface area contributed by atoms with Crippen LogP contribution in [0.3, 0.4) is 0 Å². The van der Waals surface area contributed by atoms with Crippen molar-refractivity contribution in [1.29, 1.82) is 5.26 Å². The first kappa shape index (κ1) is 16.0. The quantitative estimate of drug-likeness (QED) is 0.773. The van der Waals surface area contributed by atoms with Crippen molar-refractivity contribution in [3.05, 3.63) is 63.7 Å². The molecule has 2 heterocycles. The molecule has 1 N–H and O–H groups in total. The lowest BCUT2D eigenvalue weighted by Crippen LogP contribution is -2.25. The van der Waals surface area contributed by atoms with Crippen molar-refractivity contribution in [1.82, 2.24) is 10.3 Å². The van der Waals surface area contributed by atoms with Crippen LogP contribution < -0.4 is 5.32 Å². The molecule has 1 amide bonds. The topological polar surface area (TPSA) is 78.9 Å². The third-order valence-corrected chi connectivity index (χ3v) is 4.22. The lowest BCUT2D eigenvalue weighted by Gasteiger charge is -2.04. The number of oxazole rings is 1. The van der Waals surface area contributed by atoms with Crippen molar-refractivity contribution in [2.24, 2.45) is 0 Å². The number of hydrogen-bond donors (Lipinski definition) is 1. The Labute approximate surface area is 143 Å². The van der Waals surface area contributed by atoms with Crippen LogP contribution in [0.25, 0.3) is 11.5 Å². The van der Waals surface area contributed by atoms with E-state index >= 15 is 0 Å². The molecule has 0 fully saturated rings. The number of rotatable bonds is 5. The van der Waals surface area contributed by atoms with Gasteiger partial charge in [-0.25, -0.2) is 4.98 Å². The predicted octanol–water partition coefficient (Wildman–Crippen LogP) is 3.44. The Bertz CT molecular complexity index is 891. The van der Waals surface area contributed by atoms with Gasteiger partial charge in [-0.15, -0.1) is 0 Å². The van der Waals surface area contributed by atoms with Crippen LogP contribution in [0, 0.1) is 18.3 Å². The average Bonchev–Trinajstić information content (AvgIpc) is 3.24. The molecular formula is C18H15N3O2S. The molecule has 0 saturated carbocycles. The minimum atomic E-state index is -0.134. The zero-order valence-corrected chi connectivity index (χ0v) is 13.9. The zero-order chi connectivity index (χ0) is 16.9. The maximum Gasteiger partial charge on any atom is 0.227 e. The average molecular weight is 337 g/mol. The molecule has 5 nitrogen and oxygen atoms in total. The summed E-state index contributed by atoms with van der Waals surface area (Å²) in [6, 6.07) is 11.2. The molecule has 0 atom stereocenters. The van der Waals surface area contributed by atoms with Gasteiger partial charge in [-0.2, -0.15) is 16.6 Å². The van der Waals surface area contributed by atoms with Gasteiger partial charge in [0.15, 0.2) is 0 Å². The Kier molecular flexibility index (Phi) is 4.73. The molecule has 0 aliphatic heterocycles. The third-order valence-electron chi connectivity index (χ3n) is 3.53. The second-order valence-corrected chi connectivity index (χ2v) is 6.08. The van der Waals surface area contributed by atoms with Crippen LogP contribution >= 0.6 is 11.3 Å². The normalized spacial score (nSPS) is 10.3. The number of thiophene rings is 1. The van der Waals surface area contributed by atoms with E-state index in [1.165, 1.54) is 0 Å². The van der Waals surface area contributed by atoms with Gasteiger partial charge in [-0.3, -0.25) is 4.79 Å². The van der Waals surface area contributed by atoms with Gasteiger partial charge in [-0.1, -0.05) is 12.1 Å². The van der Waals surface area contributed by atoms with E-state index in [1.54, 1.807) is 29.5 Å². The fourth-order valence-corrected chi connectivity index (χ4v) is 2.90. The van der Waals surface area contributed by atoms with E-state index in [0.717, 1.165) is 11.1 Å². The number of nitrogens with zero attached hydrogens (tertiary/aromatic N) is 2. The summed E-state index contributed by atoms with van der Waals surface area (Å²) in [5.74, 6) is 1.06. The highest BCUT2D eigenvalue weighted by molar-refractivity contribution is 7.08. The minimum absolute atomic E-state index is 0.134. The fourth-order valence-electron chi connectivity index (χ4n) is 2.27. The largest absolute Gasteiger partial charge is 0.441 e. The zero-order valence-electron chi connectivity index (χ0n) is 13.1. The number of nitriles is 1. The first-order chi connectivity index (χ1) is 11.7. The number of benzene rings is 1. The maximum absolute atomic E-state index is 12.1. The van der Waals surface area contributed by atoms with Gasteiger partial charge in [0.05, 0.1) is 23.7 Å². The first-order valence-electron chi connectivity index (χ1n) is 7.40. The van der Waals surface area contributed by atoms with E-state index < -0.39 is 0 Å². The summed E-state index contributed by atoms with van der Waals surface area (Å²) in [5, 5.41) is 15.6. The molecule has 0 saturated heterocycles. The Morgan fingerprint density at radius 2 is 2.29 bits per heavy atom. The highest BCUT2D eigenvalue weighted by Gasteiger charge is 2.14. The first-order valence-corrected chi connectivity index (χ1v) is 8.34. The number of nitrogens with one attached hydrogen (secondary N) is 1. The van der Waals surface area contributed by atoms with Crippen molar-refractivity contribution in [2.75, 3.05) is 0 Å². The molecule has 120 valence electrons. The Morgan fingerprint density at radius 3 is 3.04 bits per heavy atom. The van der Waals surface area contributed by atoms with Crippen molar-refractivity contribution in [2.45, 2.75) is 19.9 Å². The van der Waals surface area contributed by atoms with Crippen LogP contribution in [-0.4, -0.2) is 10.9 Å². The van der Waals surface area contributed by atoms with Crippen LogP contribution in [0.4, 0.5) is 0 Å². The van der Waals surface area contributed by atoms with E-state index in [1.807, 2.05) is 29.8 Å². The number of aromatic nitrogens is 1. The van der Waals surface area contributed by atoms with Crippen LogP contribution in [-0.2, 0) is 17.8 Å². The van der Waals surface area contributed by atoms with Crippen LogP contribution in [0.15, 0.2) is 45.5 Å². The summed E-state index contributed by atoms with van der Waals surface area (Å²) in [6.07, 6.45) is 0.164. The van der Waals surface area contributed by atoms with E-state index in [4.69, 9.17) is 9.68 Å². The number of hydrogen-bond acceptors (Lipinski definition) is 5. The van der Waals surface area contributed by atoms with Gasteiger partial charge in [0, 0.05) is 17.5 Å². The molecule has 3 rings (SSSR count). The summed E-state index contributed by atoms with van der Waals surface area (Å²) in [7, 11) is 0. The van der Waals surface area contributed by atoms with Crippen LogP contribution in [0.1, 0.15) is 22.6 Å². The molecular weight excluding hydrogens is 322 g/mol. The van der Waals surface area contributed by atoms with Gasteiger partial charge in [0.1, 0.15) is 5.76 Å². The molecule has 2 aromatic heterocycles. The standard InChI is InChI=1S/C18H15N3O2S/c1-12-16(21-18(23-12)15-5-6-24-11-15)8-17(22)20-10-14-4-2-3-13(7-14)9-19/h2-7,11H,8,10H2,1H3,(H,20,22). The summed E-state index contributed by atoms with van der Waals surface area (Å²) >= 11 is 1.57. The molecule has 24 heavy (non-hydrogen) atoms. The number of aryl methyl sites for hydroxylation is 1. The number of amides is 1. The summed E-state index contributed by atoms with van der Waals surface area (Å²) in [5.41, 5.74) is 3.02. The second-order valence-electron chi connectivity index (χ2n) is 5.30.